The van der Waals surface area contributed by atoms with E-state index in [0.717, 1.165) is 22.6 Å². The van der Waals surface area contributed by atoms with E-state index in [1.807, 2.05) is 13.0 Å². The average molecular weight is 192 g/mol. The normalized spacial score (nSPS) is 16.5. The van der Waals surface area contributed by atoms with Gasteiger partial charge in [0.2, 0.25) is 0 Å². The van der Waals surface area contributed by atoms with E-state index in [1.165, 1.54) is 5.56 Å². The maximum Gasteiger partial charge on any atom is 0.164 e. The molecule has 0 spiro atoms. The first-order valence-electron chi connectivity index (χ1n) is 4.54. The summed E-state index contributed by atoms with van der Waals surface area (Å²) in [4.78, 5) is 12.8. The minimum atomic E-state index is 0.309. The Morgan fingerprint density at radius 1 is 1.38 bits per heavy atom. The molecular formula is C11H12OS. The van der Waals surface area contributed by atoms with Crippen LogP contribution in [0.2, 0.25) is 0 Å². The zero-order chi connectivity index (χ0) is 9.26. The van der Waals surface area contributed by atoms with Crippen molar-refractivity contribution in [3.63, 3.8) is 0 Å². The van der Waals surface area contributed by atoms with Gasteiger partial charge in [0.15, 0.2) is 5.78 Å². The van der Waals surface area contributed by atoms with Gasteiger partial charge >= 0.3 is 0 Å². The molecule has 0 fully saturated rings. The van der Waals surface area contributed by atoms with Crippen molar-refractivity contribution in [1.82, 2.24) is 0 Å². The maximum absolute atomic E-state index is 11.6. The lowest BCUT2D eigenvalue weighted by Crippen LogP contribution is -1.98. The van der Waals surface area contributed by atoms with Crippen LogP contribution in [0.25, 0.3) is 0 Å². The fourth-order valence-corrected chi connectivity index (χ4v) is 2.54. The Labute approximate surface area is 82.5 Å². The summed E-state index contributed by atoms with van der Waals surface area (Å²) < 4.78 is 0. The molecule has 1 aromatic carbocycles. The topological polar surface area (TPSA) is 17.1 Å². The smallest absolute Gasteiger partial charge is 0.164 e. The van der Waals surface area contributed by atoms with Gasteiger partial charge in [-0.3, -0.25) is 4.79 Å². The van der Waals surface area contributed by atoms with Gasteiger partial charge in [0, 0.05) is 16.9 Å². The number of ketones is 1. The number of fused-ring (bicyclic) bond motifs is 1. The lowest BCUT2D eigenvalue weighted by Gasteiger charge is -2.03. The molecule has 1 aliphatic heterocycles. The Morgan fingerprint density at radius 3 is 3.08 bits per heavy atom. The van der Waals surface area contributed by atoms with Gasteiger partial charge in [-0.1, -0.05) is 11.6 Å². The molecule has 0 saturated carbocycles. The van der Waals surface area contributed by atoms with Gasteiger partial charge in [-0.05, 0) is 31.2 Å². The van der Waals surface area contributed by atoms with Gasteiger partial charge in [-0.25, -0.2) is 0 Å². The molecule has 2 rings (SSSR count). The minimum Gasteiger partial charge on any atom is -0.294 e. The predicted molar refractivity (Wildman–Crippen MR) is 55.5 cm³/mol. The summed E-state index contributed by atoms with van der Waals surface area (Å²) in [6, 6.07) is 6.15. The Morgan fingerprint density at radius 2 is 2.23 bits per heavy atom. The van der Waals surface area contributed by atoms with Crippen LogP contribution in [0.3, 0.4) is 0 Å². The molecule has 0 aromatic heterocycles. The fraction of sp³-hybridized carbons (Fsp3) is 0.364. The number of thioether (sulfide) groups is 1. The summed E-state index contributed by atoms with van der Waals surface area (Å²) in [6.07, 6.45) is 1.72. The highest BCUT2D eigenvalue weighted by Crippen LogP contribution is 2.29. The second-order valence-electron chi connectivity index (χ2n) is 3.37. The van der Waals surface area contributed by atoms with Crippen LogP contribution in [0.1, 0.15) is 28.8 Å². The summed E-state index contributed by atoms with van der Waals surface area (Å²) in [5.74, 6) is 1.38. The molecule has 0 unspecified atom stereocenters. The summed E-state index contributed by atoms with van der Waals surface area (Å²) in [5.41, 5.74) is 2.11. The molecule has 0 bridgehead atoms. The summed E-state index contributed by atoms with van der Waals surface area (Å²) >= 11 is 1.80. The van der Waals surface area contributed by atoms with E-state index in [0.29, 0.717) is 12.2 Å². The first-order valence-corrected chi connectivity index (χ1v) is 5.52. The van der Waals surface area contributed by atoms with Gasteiger partial charge in [0.25, 0.3) is 0 Å². The zero-order valence-corrected chi connectivity index (χ0v) is 8.49. The Bertz CT molecular complexity index is 344. The highest BCUT2D eigenvalue weighted by Gasteiger charge is 2.15. The van der Waals surface area contributed by atoms with Crippen LogP contribution in [0.15, 0.2) is 23.1 Å². The number of hydrogen-bond acceptors (Lipinski definition) is 2. The van der Waals surface area contributed by atoms with Crippen LogP contribution >= 0.6 is 11.8 Å². The van der Waals surface area contributed by atoms with Crippen LogP contribution in [-0.4, -0.2) is 11.5 Å². The Balaban J connectivity index is 2.49. The Kier molecular flexibility index (Phi) is 2.40. The molecular weight excluding hydrogens is 180 g/mol. The lowest BCUT2D eigenvalue weighted by molar-refractivity contribution is 0.0980. The molecule has 2 heteroatoms. The average Bonchev–Trinajstić information content (AvgIpc) is 2.29. The number of carbonyl (C=O) groups excluding carboxylic acids is 1. The third kappa shape index (κ3) is 1.78. The molecule has 0 aliphatic carbocycles. The van der Waals surface area contributed by atoms with Crippen LogP contribution in [0.4, 0.5) is 0 Å². The van der Waals surface area contributed by atoms with Crippen molar-refractivity contribution in [2.45, 2.75) is 24.7 Å². The van der Waals surface area contributed by atoms with Gasteiger partial charge < -0.3 is 0 Å². The number of benzene rings is 1. The van der Waals surface area contributed by atoms with Crippen molar-refractivity contribution in [2.24, 2.45) is 0 Å². The molecule has 1 nitrogen and oxygen atoms in total. The molecule has 13 heavy (non-hydrogen) atoms. The van der Waals surface area contributed by atoms with Gasteiger partial charge in [-0.2, -0.15) is 0 Å². The highest BCUT2D eigenvalue weighted by molar-refractivity contribution is 7.99. The molecule has 1 aromatic rings. The maximum atomic E-state index is 11.6. The van der Waals surface area contributed by atoms with Crippen LogP contribution in [0.5, 0.6) is 0 Å². The molecule has 1 heterocycles. The molecule has 0 saturated heterocycles. The molecule has 1 aliphatic rings. The van der Waals surface area contributed by atoms with E-state index in [2.05, 4.69) is 12.1 Å². The molecule has 0 N–H and O–H groups in total. The molecule has 68 valence electrons. The monoisotopic (exact) mass is 192 g/mol. The van der Waals surface area contributed by atoms with Crippen molar-refractivity contribution in [3.8, 4) is 0 Å². The van der Waals surface area contributed by atoms with E-state index >= 15 is 0 Å². The van der Waals surface area contributed by atoms with Crippen molar-refractivity contribution in [3.05, 3.63) is 29.3 Å². The number of Topliss-reactive ketones (excluding diaryl/α,β-unsaturated/α-hetero) is 1. The van der Waals surface area contributed by atoms with E-state index < -0.39 is 0 Å². The zero-order valence-electron chi connectivity index (χ0n) is 7.67. The van der Waals surface area contributed by atoms with Crippen LogP contribution < -0.4 is 0 Å². The summed E-state index contributed by atoms with van der Waals surface area (Å²) in [7, 11) is 0. The molecule has 0 radical (unpaired) electrons. The first kappa shape index (κ1) is 8.82. The summed E-state index contributed by atoms with van der Waals surface area (Å²) in [6.45, 7) is 2.03. The number of aryl methyl sites for hydroxylation is 1. The van der Waals surface area contributed by atoms with Crippen molar-refractivity contribution in [1.29, 1.82) is 0 Å². The second kappa shape index (κ2) is 3.54. The summed E-state index contributed by atoms with van der Waals surface area (Å²) in [5, 5.41) is 0. The van der Waals surface area contributed by atoms with E-state index in [-0.39, 0.29) is 0 Å². The standard InChI is InChI=1S/C11H12OS/c1-8-4-5-11-9(7-8)10(12)3-2-6-13-11/h4-5,7H,2-3,6H2,1H3. The van der Waals surface area contributed by atoms with E-state index in [9.17, 15) is 4.79 Å². The Hall–Kier alpha value is -0.760. The minimum absolute atomic E-state index is 0.309. The largest absolute Gasteiger partial charge is 0.294 e. The van der Waals surface area contributed by atoms with Crippen LogP contribution in [0, 0.1) is 6.92 Å². The fourth-order valence-electron chi connectivity index (χ4n) is 1.54. The van der Waals surface area contributed by atoms with Crippen molar-refractivity contribution in [2.75, 3.05) is 5.75 Å². The third-order valence-electron chi connectivity index (χ3n) is 2.24. The first-order chi connectivity index (χ1) is 6.27. The van der Waals surface area contributed by atoms with Crippen molar-refractivity contribution < 1.29 is 4.79 Å². The third-order valence-corrected chi connectivity index (χ3v) is 3.40. The number of carbonyl (C=O) groups is 1. The molecule has 0 atom stereocenters. The van der Waals surface area contributed by atoms with Crippen molar-refractivity contribution >= 4 is 17.5 Å². The second-order valence-corrected chi connectivity index (χ2v) is 4.51. The van der Waals surface area contributed by atoms with Gasteiger partial charge in [0.1, 0.15) is 0 Å². The van der Waals surface area contributed by atoms with E-state index in [4.69, 9.17) is 0 Å². The van der Waals surface area contributed by atoms with Gasteiger partial charge in [-0.15, -0.1) is 11.8 Å². The molecule has 0 amide bonds. The van der Waals surface area contributed by atoms with Crippen LogP contribution in [-0.2, 0) is 0 Å². The predicted octanol–water partition coefficient (Wildman–Crippen LogP) is 3.06. The lowest BCUT2D eigenvalue weighted by atomic mass is 10.1. The number of rotatable bonds is 0. The number of hydrogen-bond donors (Lipinski definition) is 0. The highest BCUT2D eigenvalue weighted by atomic mass is 32.2. The van der Waals surface area contributed by atoms with E-state index in [1.54, 1.807) is 11.8 Å². The quantitative estimate of drug-likeness (QED) is 0.628. The van der Waals surface area contributed by atoms with Gasteiger partial charge in [0.05, 0.1) is 0 Å². The SMILES string of the molecule is Cc1ccc2c(c1)C(=O)CCCS2.